The molecular formula is C74H90N20O6. The highest BCUT2D eigenvalue weighted by Crippen LogP contribution is 2.38. The Hall–Kier alpha value is -9.84. The van der Waals surface area contributed by atoms with Gasteiger partial charge in [-0.05, 0) is 121 Å². The topological polar surface area (TPSA) is 273 Å². The second-order valence-corrected chi connectivity index (χ2v) is 26.8. The monoisotopic (exact) mass is 1350 g/mol. The number of fused-ring (bicyclic) bond motifs is 4. The summed E-state index contributed by atoms with van der Waals surface area (Å²) in [7, 11) is 4.18. The molecule has 3 aliphatic carbocycles. The molecule has 3 saturated carbocycles. The molecule has 6 aromatic heterocycles. The lowest BCUT2D eigenvalue weighted by atomic mass is 9.93. The summed E-state index contributed by atoms with van der Waals surface area (Å²) in [6.07, 6.45) is 26.3. The summed E-state index contributed by atoms with van der Waals surface area (Å²) in [6, 6.07) is 21.4. The minimum Gasteiger partial charge on any atom is -0.488 e. The van der Waals surface area contributed by atoms with Crippen LogP contribution in [0.5, 0.6) is 17.2 Å². The molecule has 3 saturated heterocycles. The van der Waals surface area contributed by atoms with E-state index in [4.69, 9.17) is 38.7 Å². The molecule has 6 fully saturated rings. The van der Waals surface area contributed by atoms with Gasteiger partial charge in [0.25, 0.3) is 0 Å². The molecule has 7 aliphatic rings. The van der Waals surface area contributed by atoms with Gasteiger partial charge in [0.05, 0.1) is 98.0 Å². The van der Waals surface area contributed by atoms with Crippen LogP contribution in [0.4, 0.5) is 46.2 Å². The van der Waals surface area contributed by atoms with Crippen LogP contribution in [0.15, 0.2) is 104 Å². The number of nitrogens with one attached hydrogen (secondary N) is 3. The minimum absolute atomic E-state index is 0.136. The van der Waals surface area contributed by atoms with Crippen LogP contribution in [-0.2, 0) is 14.2 Å². The molecule has 0 amide bonds. The number of hydrogen-bond donors (Lipinski definition) is 3. The highest BCUT2D eigenvalue weighted by Gasteiger charge is 2.30. The summed E-state index contributed by atoms with van der Waals surface area (Å²) >= 11 is 0. The predicted octanol–water partition coefficient (Wildman–Crippen LogP) is 10.2. The summed E-state index contributed by atoms with van der Waals surface area (Å²) in [5, 5.41) is 19.7. The van der Waals surface area contributed by atoms with E-state index in [1.807, 2.05) is 26.1 Å². The maximum Gasteiger partial charge on any atom is 0.224 e. The average Bonchev–Trinajstić information content (AvgIpc) is 0.809. The van der Waals surface area contributed by atoms with Crippen molar-refractivity contribution in [2.45, 2.75) is 127 Å². The third kappa shape index (κ3) is 16.9. The van der Waals surface area contributed by atoms with E-state index < -0.39 is 0 Å². The Labute approximate surface area is 583 Å². The van der Waals surface area contributed by atoms with Gasteiger partial charge >= 0.3 is 0 Å². The predicted molar refractivity (Wildman–Crippen MR) is 388 cm³/mol. The first kappa shape index (κ1) is 67.3. The minimum atomic E-state index is 0.136. The number of nitrogens with zero attached hydrogens (tertiary/aromatic N) is 17. The van der Waals surface area contributed by atoms with Gasteiger partial charge < -0.3 is 68.9 Å². The van der Waals surface area contributed by atoms with Gasteiger partial charge in [-0.3, -0.25) is 15.0 Å². The van der Waals surface area contributed by atoms with Gasteiger partial charge in [0, 0.05) is 175 Å². The number of likely N-dealkylation sites (N-methyl/N-ethyl adjacent to an activating group) is 2. The molecule has 0 bridgehead atoms. The first-order valence-corrected chi connectivity index (χ1v) is 35.6. The molecule has 522 valence electrons. The van der Waals surface area contributed by atoms with Crippen molar-refractivity contribution in [3.8, 4) is 23.3 Å². The number of aromatic nitrogens is 11. The second kappa shape index (κ2) is 32.0. The molecule has 26 heteroatoms. The van der Waals surface area contributed by atoms with Gasteiger partial charge in [-0.15, -0.1) is 0 Å². The van der Waals surface area contributed by atoms with Crippen molar-refractivity contribution in [2.24, 2.45) is 0 Å². The van der Waals surface area contributed by atoms with Crippen molar-refractivity contribution in [3.63, 3.8) is 0 Å². The molecule has 10 heterocycles. The molecule has 3 N–H and O–H groups in total. The van der Waals surface area contributed by atoms with Crippen LogP contribution in [-0.4, -0.2) is 197 Å². The summed E-state index contributed by atoms with van der Waals surface area (Å²) in [4.78, 5) is 61.3. The summed E-state index contributed by atoms with van der Waals surface area (Å²) in [5.41, 5.74) is 11.1. The molecule has 26 nitrogen and oxygen atoms in total. The molecule has 9 aromatic rings. The van der Waals surface area contributed by atoms with Crippen molar-refractivity contribution in [2.75, 3.05) is 147 Å². The van der Waals surface area contributed by atoms with Gasteiger partial charge in [0.1, 0.15) is 51.3 Å². The second-order valence-electron chi connectivity index (χ2n) is 26.8. The van der Waals surface area contributed by atoms with E-state index in [0.29, 0.717) is 29.6 Å². The Morgan fingerprint density at radius 2 is 0.850 bits per heavy atom. The van der Waals surface area contributed by atoms with E-state index in [-0.39, 0.29) is 18.3 Å². The maximum atomic E-state index is 9.08. The third-order valence-corrected chi connectivity index (χ3v) is 19.8. The molecule has 0 radical (unpaired) electrons. The smallest absolute Gasteiger partial charge is 0.224 e. The molecule has 0 unspecified atom stereocenters. The van der Waals surface area contributed by atoms with Gasteiger partial charge in [0.15, 0.2) is 5.82 Å². The van der Waals surface area contributed by atoms with Crippen LogP contribution < -0.4 is 54.7 Å². The van der Waals surface area contributed by atoms with Crippen molar-refractivity contribution in [1.82, 2.24) is 54.8 Å². The lowest BCUT2D eigenvalue weighted by Gasteiger charge is -2.34. The molecule has 0 spiro atoms. The normalized spacial score (nSPS) is 21.7. The van der Waals surface area contributed by atoms with E-state index in [1.165, 1.54) is 0 Å². The summed E-state index contributed by atoms with van der Waals surface area (Å²) in [5.74, 6) is 6.63. The lowest BCUT2D eigenvalue weighted by molar-refractivity contribution is 0.122. The number of ether oxygens (including phenoxy) is 6. The Morgan fingerprint density at radius 1 is 0.430 bits per heavy atom. The number of benzene rings is 3. The summed E-state index contributed by atoms with van der Waals surface area (Å²) in [6.45, 7) is 15.6. The number of aryl methyl sites for hydroxylation is 2. The zero-order valence-corrected chi connectivity index (χ0v) is 57.7. The Morgan fingerprint density at radius 3 is 1.29 bits per heavy atom. The lowest BCUT2D eigenvalue weighted by Crippen LogP contribution is -2.38. The van der Waals surface area contributed by atoms with Crippen molar-refractivity contribution in [1.29, 1.82) is 5.26 Å². The third-order valence-electron chi connectivity index (χ3n) is 19.8. The Balaban J connectivity index is 0.000000128. The first-order valence-electron chi connectivity index (χ1n) is 35.6. The molecule has 0 atom stereocenters. The fourth-order valence-corrected chi connectivity index (χ4v) is 14.4. The number of hydrogen-bond acceptors (Lipinski definition) is 26. The van der Waals surface area contributed by atoms with E-state index in [1.54, 1.807) is 55.5 Å². The number of pyridine rings is 1. The van der Waals surface area contributed by atoms with E-state index in [9.17, 15) is 0 Å². The van der Waals surface area contributed by atoms with Gasteiger partial charge in [-0.25, -0.2) is 34.9 Å². The zero-order chi connectivity index (χ0) is 68.2. The largest absolute Gasteiger partial charge is 0.488 e. The van der Waals surface area contributed by atoms with Crippen LogP contribution in [0.25, 0.3) is 33.1 Å². The maximum absolute atomic E-state index is 9.08. The van der Waals surface area contributed by atoms with E-state index in [0.717, 1.165) is 271 Å². The van der Waals surface area contributed by atoms with E-state index >= 15 is 0 Å². The van der Waals surface area contributed by atoms with Gasteiger partial charge in [-0.1, -0.05) is 0 Å². The fraction of sp³-hybridized carbons (Fsp3) is 0.486. The summed E-state index contributed by atoms with van der Waals surface area (Å²) < 4.78 is 36.1. The Kier molecular flexibility index (Phi) is 21.6. The first-order chi connectivity index (χ1) is 49.1. The van der Waals surface area contributed by atoms with Crippen LogP contribution in [0.2, 0.25) is 0 Å². The Bertz CT molecular complexity index is 4240. The number of anilines is 8. The number of nitriles is 1. The van der Waals surface area contributed by atoms with Crippen molar-refractivity contribution in [3.05, 3.63) is 121 Å². The van der Waals surface area contributed by atoms with Crippen LogP contribution in [0.3, 0.4) is 0 Å². The average molecular weight is 1360 g/mol. The molecular weight excluding hydrogens is 1260 g/mol. The van der Waals surface area contributed by atoms with Crippen LogP contribution in [0.1, 0.15) is 94.1 Å². The molecule has 4 aliphatic heterocycles. The zero-order valence-electron chi connectivity index (χ0n) is 57.7. The highest BCUT2D eigenvalue weighted by molar-refractivity contribution is 5.87. The quantitative estimate of drug-likeness (QED) is 0.0860. The van der Waals surface area contributed by atoms with Gasteiger partial charge in [0.2, 0.25) is 5.95 Å². The van der Waals surface area contributed by atoms with Crippen molar-refractivity contribution >= 4 is 79.3 Å². The highest BCUT2D eigenvalue weighted by atomic mass is 16.5. The van der Waals surface area contributed by atoms with Crippen molar-refractivity contribution < 1.29 is 28.4 Å². The number of rotatable bonds is 15. The molecule has 16 rings (SSSR count). The standard InChI is InChI=1S/C26H34N8O2.C24H30N6O2.C24H26N6O2/c1-32-9-10-33(2)25-22(32)17-29-26(31-25)30-18-3-5-20(6-4-18)36-23-16-19(34-11-13-35-14-12-34)15-21-24(23)28-8-7-27-21;1-16-13-23(28-17(2)27-16)29-18-3-5-20(6-4-18)32-22-15-19(30-9-11-31-12-10-30)14-21-24(22)26-8-7-25-21;25-16-17-5-6-27-23(13-17)29-18-1-3-20(4-2-18)32-22-15-19(30-9-11-31-12-10-30)14-21-24(22)28-8-7-26-21/h7-8,15-18,20H,3-6,9-14H2,1-2H3,(H,29,30,31);7-8,13-15,18,20H,3-6,9-12H2,1-2H3,(H,27,28,29);5-8,13-15,18,20H,1-4,9-12H2,(H,27,29). The van der Waals surface area contributed by atoms with E-state index in [2.05, 4.69) is 147 Å². The van der Waals surface area contributed by atoms with Gasteiger partial charge in [-0.2, -0.15) is 10.2 Å². The fourth-order valence-electron chi connectivity index (χ4n) is 14.4. The molecule has 100 heavy (non-hydrogen) atoms. The van der Waals surface area contributed by atoms with Crippen LogP contribution >= 0.6 is 0 Å². The van der Waals surface area contributed by atoms with Crippen LogP contribution in [0, 0.1) is 25.2 Å². The SMILES string of the molecule is CN1CCN(C)c2nc(NC3CCC(Oc4cc(N5CCOCC5)cc5nccnc45)CC3)ncc21.Cc1cc(NC2CCC(Oc3cc(N4CCOCC4)cc4nccnc34)CC2)nc(C)n1.N#Cc1ccnc(NC2CCC(Oc3cc(N4CCOCC4)cc4nccnc34)CC2)c1. The molecule has 3 aromatic carbocycles. The number of morpholine rings is 3.